The zero-order valence-electron chi connectivity index (χ0n) is 17.3. The van der Waals surface area contributed by atoms with Crippen LogP contribution in [0.5, 0.6) is 11.5 Å². The van der Waals surface area contributed by atoms with E-state index >= 15 is 0 Å². The van der Waals surface area contributed by atoms with Crippen molar-refractivity contribution in [3.8, 4) is 11.5 Å². The molecule has 5 heteroatoms. The van der Waals surface area contributed by atoms with Gasteiger partial charge in [-0.05, 0) is 29.8 Å². The van der Waals surface area contributed by atoms with Gasteiger partial charge in [0.1, 0.15) is 17.6 Å². The number of ether oxygens (including phenoxy) is 2. The minimum absolute atomic E-state index is 0.0660. The number of nitrogens with zero attached hydrogens (tertiary/aromatic N) is 1. The highest BCUT2D eigenvalue weighted by Crippen LogP contribution is 2.35. The van der Waals surface area contributed by atoms with Crippen LogP contribution in [-0.4, -0.2) is 24.5 Å². The summed E-state index contributed by atoms with van der Waals surface area (Å²) in [6.07, 6.45) is -0.136. The highest BCUT2D eigenvalue weighted by molar-refractivity contribution is 5.88. The quantitative estimate of drug-likeness (QED) is 0.667. The van der Waals surface area contributed by atoms with Crippen LogP contribution < -0.4 is 14.8 Å². The zero-order chi connectivity index (χ0) is 20.9. The van der Waals surface area contributed by atoms with Crippen LogP contribution in [0.25, 0.3) is 0 Å². The fourth-order valence-electron chi connectivity index (χ4n) is 3.85. The van der Waals surface area contributed by atoms with Crippen molar-refractivity contribution in [2.24, 2.45) is 0 Å². The third-order valence-corrected chi connectivity index (χ3v) is 5.23. The minimum Gasteiger partial charge on any atom is -0.496 e. The summed E-state index contributed by atoms with van der Waals surface area (Å²) >= 11 is 0. The van der Waals surface area contributed by atoms with Crippen molar-refractivity contribution in [1.29, 1.82) is 0 Å². The molecule has 1 atom stereocenters. The number of nitrogens with one attached hydrogen (secondary N) is 1. The van der Waals surface area contributed by atoms with Gasteiger partial charge in [0, 0.05) is 43.4 Å². The van der Waals surface area contributed by atoms with Crippen molar-refractivity contribution < 1.29 is 14.3 Å². The Hall–Kier alpha value is -3.31. The molecule has 0 spiro atoms. The number of methoxy groups -OCH3 is 1. The average Bonchev–Trinajstić information content (AvgIpc) is 2.93. The van der Waals surface area contributed by atoms with Crippen molar-refractivity contribution in [3.05, 3.63) is 89.5 Å². The van der Waals surface area contributed by atoms with Crippen LogP contribution in [0.1, 0.15) is 29.7 Å². The SMILES string of the molecule is COc1ccccc1C1CN(Cc2ccc(NC(C)=O)cc2)Cc2ccccc2O1. The Labute approximate surface area is 177 Å². The number of carbonyl (C=O) groups excluding carboxylic acids is 1. The molecule has 30 heavy (non-hydrogen) atoms. The summed E-state index contributed by atoms with van der Waals surface area (Å²) in [5.74, 6) is 1.68. The molecular formula is C25H26N2O3. The lowest BCUT2D eigenvalue weighted by Crippen LogP contribution is -2.28. The lowest BCUT2D eigenvalue weighted by Gasteiger charge is -2.25. The summed E-state index contributed by atoms with van der Waals surface area (Å²) in [5, 5.41) is 2.81. The van der Waals surface area contributed by atoms with Gasteiger partial charge < -0.3 is 14.8 Å². The van der Waals surface area contributed by atoms with Gasteiger partial charge in [0.05, 0.1) is 7.11 Å². The number of hydrogen-bond donors (Lipinski definition) is 1. The highest BCUT2D eigenvalue weighted by Gasteiger charge is 2.26. The molecule has 0 aromatic heterocycles. The Kier molecular flexibility index (Phi) is 6.00. The predicted octanol–water partition coefficient (Wildman–Crippen LogP) is 4.79. The van der Waals surface area contributed by atoms with Crippen LogP contribution in [0, 0.1) is 0 Å². The van der Waals surface area contributed by atoms with Gasteiger partial charge in [-0.25, -0.2) is 0 Å². The molecule has 4 rings (SSSR count). The van der Waals surface area contributed by atoms with E-state index in [0.29, 0.717) is 0 Å². The van der Waals surface area contributed by atoms with E-state index in [1.54, 1.807) is 7.11 Å². The summed E-state index contributed by atoms with van der Waals surface area (Å²) in [5.41, 5.74) is 4.21. The lowest BCUT2D eigenvalue weighted by molar-refractivity contribution is -0.114. The minimum atomic E-state index is -0.136. The van der Waals surface area contributed by atoms with E-state index in [-0.39, 0.29) is 12.0 Å². The third-order valence-electron chi connectivity index (χ3n) is 5.23. The number of fused-ring (bicyclic) bond motifs is 1. The Morgan fingerprint density at radius 1 is 1.07 bits per heavy atom. The normalized spacial score (nSPS) is 16.1. The second-order valence-corrected chi connectivity index (χ2v) is 7.50. The first-order valence-electron chi connectivity index (χ1n) is 10.1. The van der Waals surface area contributed by atoms with Gasteiger partial charge in [-0.3, -0.25) is 9.69 Å². The first-order chi connectivity index (χ1) is 14.6. The maximum absolute atomic E-state index is 11.2. The fraction of sp³-hybridized carbons (Fsp3) is 0.240. The van der Waals surface area contributed by atoms with Gasteiger partial charge in [-0.15, -0.1) is 0 Å². The molecule has 154 valence electrons. The van der Waals surface area contributed by atoms with Crippen molar-refractivity contribution in [3.63, 3.8) is 0 Å². The van der Waals surface area contributed by atoms with Gasteiger partial charge in [0.2, 0.25) is 5.91 Å². The van der Waals surface area contributed by atoms with E-state index in [4.69, 9.17) is 9.47 Å². The van der Waals surface area contributed by atoms with Gasteiger partial charge >= 0.3 is 0 Å². The Bertz CT molecular complexity index is 1020. The van der Waals surface area contributed by atoms with Crippen LogP contribution in [0.15, 0.2) is 72.8 Å². The molecule has 1 aliphatic rings. The zero-order valence-corrected chi connectivity index (χ0v) is 17.3. The van der Waals surface area contributed by atoms with Crippen molar-refractivity contribution in [1.82, 2.24) is 4.90 Å². The van der Waals surface area contributed by atoms with Crippen LogP contribution in [0.4, 0.5) is 5.69 Å². The highest BCUT2D eigenvalue weighted by atomic mass is 16.5. The molecule has 0 aliphatic carbocycles. The Morgan fingerprint density at radius 3 is 2.57 bits per heavy atom. The monoisotopic (exact) mass is 402 g/mol. The number of amides is 1. The number of anilines is 1. The second-order valence-electron chi connectivity index (χ2n) is 7.50. The van der Waals surface area contributed by atoms with Gasteiger partial charge in [0.25, 0.3) is 0 Å². The molecule has 0 bridgehead atoms. The van der Waals surface area contributed by atoms with Crippen LogP contribution >= 0.6 is 0 Å². The second kappa shape index (κ2) is 9.01. The average molecular weight is 402 g/mol. The fourth-order valence-corrected chi connectivity index (χ4v) is 3.85. The molecule has 1 unspecified atom stereocenters. The molecular weight excluding hydrogens is 376 g/mol. The predicted molar refractivity (Wildman–Crippen MR) is 118 cm³/mol. The summed E-state index contributed by atoms with van der Waals surface area (Å²) in [6.45, 7) is 3.84. The molecule has 0 saturated heterocycles. The number of hydrogen-bond acceptors (Lipinski definition) is 4. The van der Waals surface area contributed by atoms with Gasteiger partial charge in [-0.2, -0.15) is 0 Å². The molecule has 1 N–H and O–H groups in total. The van der Waals surface area contributed by atoms with E-state index in [9.17, 15) is 4.79 Å². The first kappa shape index (κ1) is 20.0. The standard InChI is InChI=1S/C25H26N2O3/c1-18(28)26-21-13-11-19(12-14-21)15-27-16-20-7-3-5-9-23(20)30-25(17-27)22-8-4-6-10-24(22)29-2/h3-14,25H,15-17H2,1-2H3,(H,26,28). The summed E-state index contributed by atoms with van der Waals surface area (Å²) in [4.78, 5) is 13.6. The summed E-state index contributed by atoms with van der Waals surface area (Å²) in [7, 11) is 1.69. The smallest absolute Gasteiger partial charge is 0.221 e. The van der Waals surface area contributed by atoms with Gasteiger partial charge in [0.15, 0.2) is 0 Å². The Morgan fingerprint density at radius 2 is 1.80 bits per heavy atom. The van der Waals surface area contributed by atoms with E-state index in [1.165, 1.54) is 18.1 Å². The summed E-state index contributed by atoms with van der Waals surface area (Å²) < 4.78 is 12.0. The molecule has 1 heterocycles. The van der Waals surface area contributed by atoms with Crippen molar-refractivity contribution >= 4 is 11.6 Å². The van der Waals surface area contributed by atoms with Crippen molar-refractivity contribution in [2.45, 2.75) is 26.1 Å². The Balaban J connectivity index is 1.60. The van der Waals surface area contributed by atoms with E-state index in [0.717, 1.165) is 42.4 Å². The molecule has 1 amide bonds. The van der Waals surface area contributed by atoms with E-state index < -0.39 is 0 Å². The molecule has 0 saturated carbocycles. The molecule has 5 nitrogen and oxygen atoms in total. The third kappa shape index (κ3) is 4.63. The van der Waals surface area contributed by atoms with E-state index in [2.05, 4.69) is 34.5 Å². The number of para-hydroxylation sites is 2. The van der Waals surface area contributed by atoms with Crippen LogP contribution in [0.3, 0.4) is 0 Å². The maximum atomic E-state index is 11.2. The first-order valence-corrected chi connectivity index (χ1v) is 10.1. The lowest BCUT2D eigenvalue weighted by atomic mass is 10.1. The molecule has 1 aliphatic heterocycles. The number of benzene rings is 3. The molecule has 3 aromatic rings. The molecule has 0 fully saturated rings. The van der Waals surface area contributed by atoms with Gasteiger partial charge in [-0.1, -0.05) is 48.5 Å². The topological polar surface area (TPSA) is 50.8 Å². The molecule has 3 aromatic carbocycles. The number of rotatable bonds is 5. The van der Waals surface area contributed by atoms with Crippen LogP contribution in [-0.2, 0) is 17.9 Å². The largest absolute Gasteiger partial charge is 0.496 e. The summed E-state index contributed by atoms with van der Waals surface area (Å²) in [6, 6.07) is 24.2. The number of carbonyl (C=O) groups is 1. The van der Waals surface area contributed by atoms with E-state index in [1.807, 2.05) is 48.5 Å². The molecule has 0 radical (unpaired) electrons. The van der Waals surface area contributed by atoms with Crippen molar-refractivity contribution in [2.75, 3.05) is 19.0 Å². The van der Waals surface area contributed by atoms with Crippen LogP contribution in [0.2, 0.25) is 0 Å². The maximum Gasteiger partial charge on any atom is 0.221 e.